The summed E-state index contributed by atoms with van der Waals surface area (Å²) >= 11 is 1.81. The van der Waals surface area contributed by atoms with Crippen LogP contribution in [0.4, 0.5) is 0 Å². The number of hydrogen-bond donors (Lipinski definition) is 1. The van der Waals surface area contributed by atoms with E-state index in [1.54, 1.807) is 0 Å². The summed E-state index contributed by atoms with van der Waals surface area (Å²) in [5.74, 6) is 1.48. The molecule has 1 aliphatic rings. The maximum Gasteiger partial charge on any atom is 0.160 e. The van der Waals surface area contributed by atoms with Crippen LogP contribution in [-0.4, -0.2) is 11.7 Å². The molecule has 1 atom stereocenters. The van der Waals surface area contributed by atoms with Crippen molar-refractivity contribution in [2.45, 2.75) is 6.17 Å². The van der Waals surface area contributed by atoms with Gasteiger partial charge in [0.1, 0.15) is 23.2 Å². The predicted molar refractivity (Wildman–Crippen MR) is 252 cm³/mol. The number of nitrogens with one attached hydrogen (secondary N) is 1. The first-order valence-electron chi connectivity index (χ1n) is 20.2. The molecule has 0 saturated carbocycles. The molecular formula is C55H35N3OS. The number of nitrogens with zero attached hydrogens (tertiary/aromatic N) is 2. The van der Waals surface area contributed by atoms with E-state index in [-0.39, 0.29) is 6.17 Å². The molecule has 0 radical (unpaired) electrons. The number of furan rings is 1. The van der Waals surface area contributed by atoms with E-state index in [1.807, 2.05) is 17.4 Å². The summed E-state index contributed by atoms with van der Waals surface area (Å²) in [4.78, 5) is 10.8. The van der Waals surface area contributed by atoms with Gasteiger partial charge in [0.15, 0.2) is 5.84 Å². The van der Waals surface area contributed by atoms with Gasteiger partial charge >= 0.3 is 0 Å². The van der Waals surface area contributed by atoms with Crippen molar-refractivity contribution >= 4 is 75.9 Å². The van der Waals surface area contributed by atoms with Crippen LogP contribution in [-0.2, 0) is 0 Å². The van der Waals surface area contributed by atoms with Crippen LogP contribution in [0.1, 0.15) is 22.9 Å². The molecule has 1 aliphatic heterocycles. The van der Waals surface area contributed by atoms with Crippen molar-refractivity contribution in [1.82, 2.24) is 5.32 Å². The second kappa shape index (κ2) is 14.0. The highest BCUT2D eigenvalue weighted by Gasteiger charge is 2.24. The number of fused-ring (bicyclic) bond motifs is 7. The van der Waals surface area contributed by atoms with Crippen molar-refractivity contribution < 1.29 is 4.42 Å². The van der Waals surface area contributed by atoms with Crippen molar-refractivity contribution in [1.29, 1.82) is 0 Å². The Hall–Kier alpha value is -7.60. The summed E-state index contributed by atoms with van der Waals surface area (Å²) in [7, 11) is 0. The number of rotatable bonds is 6. The van der Waals surface area contributed by atoms with Crippen LogP contribution < -0.4 is 5.32 Å². The molecule has 3 heterocycles. The number of amidine groups is 2. The third kappa shape index (κ3) is 5.90. The van der Waals surface area contributed by atoms with Crippen molar-refractivity contribution in [2.75, 3.05) is 0 Å². The van der Waals surface area contributed by atoms with Crippen LogP contribution in [0, 0.1) is 0 Å². The van der Waals surface area contributed by atoms with Crippen LogP contribution in [0.3, 0.4) is 0 Å². The van der Waals surface area contributed by atoms with E-state index in [1.165, 1.54) is 36.5 Å². The van der Waals surface area contributed by atoms with E-state index in [0.717, 1.165) is 72.3 Å². The first kappa shape index (κ1) is 34.4. The minimum absolute atomic E-state index is 0.374. The molecule has 0 amide bonds. The second-order valence-corrected chi connectivity index (χ2v) is 16.5. The Kier molecular flexibility index (Phi) is 8.06. The van der Waals surface area contributed by atoms with Gasteiger partial charge in [0.2, 0.25) is 0 Å². The molecule has 0 aliphatic carbocycles. The third-order valence-electron chi connectivity index (χ3n) is 11.7. The van der Waals surface area contributed by atoms with Crippen molar-refractivity contribution in [3.8, 4) is 33.4 Å². The SMILES string of the molecule is c1ccc(-c2cccc(C3N=C(c4cccc5sc6ccccc6c45)N=C(c4cccc(-c5cc(-c6ccc7ccccc7c6)cc6oc7ccccc7c56)c4)N3)c2)cc1. The lowest BCUT2D eigenvalue weighted by Crippen LogP contribution is -2.33. The fraction of sp³-hybridized carbons (Fsp3) is 0.0182. The molecule has 2 aromatic heterocycles. The molecule has 282 valence electrons. The number of aliphatic imine (C=N–C) groups is 2. The highest BCUT2D eigenvalue weighted by atomic mass is 32.1. The second-order valence-electron chi connectivity index (χ2n) is 15.4. The molecule has 0 spiro atoms. The van der Waals surface area contributed by atoms with Crippen LogP contribution in [0.15, 0.2) is 215 Å². The molecule has 1 N–H and O–H groups in total. The fourth-order valence-electron chi connectivity index (χ4n) is 8.82. The number of thiophene rings is 1. The molecule has 0 saturated heterocycles. The average Bonchev–Trinajstić information content (AvgIpc) is 3.90. The maximum absolute atomic E-state index is 6.59. The zero-order valence-corrected chi connectivity index (χ0v) is 33.2. The number of benzene rings is 9. The summed E-state index contributed by atoms with van der Waals surface area (Å²) in [6.07, 6.45) is -0.374. The van der Waals surface area contributed by atoms with E-state index < -0.39 is 0 Å². The van der Waals surface area contributed by atoms with Gasteiger partial charge in [-0.15, -0.1) is 11.3 Å². The monoisotopic (exact) mass is 785 g/mol. The van der Waals surface area contributed by atoms with E-state index in [4.69, 9.17) is 14.4 Å². The van der Waals surface area contributed by atoms with E-state index in [0.29, 0.717) is 5.84 Å². The zero-order chi connectivity index (χ0) is 39.6. The van der Waals surface area contributed by atoms with Gasteiger partial charge in [-0.05, 0) is 98.2 Å². The Labute approximate surface area is 350 Å². The van der Waals surface area contributed by atoms with E-state index >= 15 is 0 Å². The Morgan fingerprint density at radius 3 is 2.08 bits per heavy atom. The van der Waals surface area contributed by atoms with Crippen LogP contribution in [0.2, 0.25) is 0 Å². The van der Waals surface area contributed by atoms with Crippen LogP contribution >= 0.6 is 11.3 Å². The molecule has 1 unspecified atom stereocenters. The molecule has 0 fully saturated rings. The molecule has 12 rings (SSSR count). The standard InChI is InChI=1S/C55H35N3OS/c1-2-13-34(14-3-1)37-17-10-19-40(30-37)53-56-54(58-55(57-53)45-23-12-26-50-52(45)44-22-7-9-25-49(44)60-50)41-20-11-18-39(31-41)46-32-42(38-28-27-35-15-4-5-16-36(35)29-38)33-48-51(46)43-21-6-8-24-47(43)59-48/h1-33,53H,(H,56,57,58). The van der Waals surface area contributed by atoms with Gasteiger partial charge in [-0.1, -0.05) is 152 Å². The summed E-state index contributed by atoms with van der Waals surface area (Å²) < 4.78 is 9.06. The highest BCUT2D eigenvalue weighted by Crippen LogP contribution is 2.42. The lowest BCUT2D eigenvalue weighted by molar-refractivity contribution is 0.669. The molecule has 60 heavy (non-hydrogen) atoms. The van der Waals surface area contributed by atoms with Crippen molar-refractivity contribution in [3.63, 3.8) is 0 Å². The van der Waals surface area contributed by atoms with Crippen molar-refractivity contribution in [3.05, 3.63) is 217 Å². The summed E-state index contributed by atoms with van der Waals surface area (Å²) in [5, 5.41) is 10.8. The van der Waals surface area contributed by atoms with Crippen LogP contribution in [0.5, 0.6) is 0 Å². The normalized spacial score (nSPS) is 14.2. The zero-order valence-electron chi connectivity index (χ0n) is 32.3. The predicted octanol–water partition coefficient (Wildman–Crippen LogP) is 14.6. The quantitative estimate of drug-likeness (QED) is 0.183. The molecule has 11 aromatic rings. The molecule has 0 bridgehead atoms. The largest absolute Gasteiger partial charge is 0.456 e. The van der Waals surface area contributed by atoms with Gasteiger partial charge in [-0.25, -0.2) is 9.98 Å². The van der Waals surface area contributed by atoms with Gasteiger partial charge in [0.05, 0.1) is 0 Å². The Balaban J connectivity index is 1.03. The molecule has 9 aromatic carbocycles. The van der Waals surface area contributed by atoms with Gasteiger partial charge in [-0.2, -0.15) is 0 Å². The lowest BCUT2D eigenvalue weighted by Gasteiger charge is -2.24. The summed E-state index contributed by atoms with van der Waals surface area (Å²) in [5.41, 5.74) is 11.5. The van der Waals surface area contributed by atoms with E-state index in [2.05, 4.69) is 199 Å². The summed E-state index contributed by atoms with van der Waals surface area (Å²) in [6.45, 7) is 0. The van der Waals surface area contributed by atoms with Crippen LogP contribution in [0.25, 0.3) is 86.3 Å². The fourth-order valence-corrected chi connectivity index (χ4v) is 9.95. The first-order chi connectivity index (χ1) is 29.7. The first-order valence-corrected chi connectivity index (χ1v) is 21.1. The molecule has 5 heteroatoms. The Morgan fingerprint density at radius 1 is 0.433 bits per heavy atom. The van der Waals surface area contributed by atoms with Gasteiger partial charge in [0, 0.05) is 42.1 Å². The highest BCUT2D eigenvalue weighted by molar-refractivity contribution is 7.25. The van der Waals surface area contributed by atoms with Crippen molar-refractivity contribution in [2.24, 2.45) is 9.98 Å². The Morgan fingerprint density at radius 2 is 1.15 bits per heavy atom. The third-order valence-corrected chi connectivity index (χ3v) is 12.8. The lowest BCUT2D eigenvalue weighted by atomic mass is 9.93. The number of para-hydroxylation sites is 1. The number of hydrogen-bond acceptors (Lipinski definition) is 5. The van der Waals surface area contributed by atoms with E-state index in [9.17, 15) is 0 Å². The van der Waals surface area contributed by atoms with Gasteiger partial charge in [0.25, 0.3) is 0 Å². The summed E-state index contributed by atoms with van der Waals surface area (Å²) in [6, 6.07) is 71.1. The molecular weight excluding hydrogens is 751 g/mol. The molecule has 4 nitrogen and oxygen atoms in total. The minimum atomic E-state index is -0.374. The smallest absolute Gasteiger partial charge is 0.160 e. The Bertz CT molecular complexity index is 3540. The average molecular weight is 786 g/mol. The van der Waals surface area contributed by atoms with Gasteiger partial charge in [-0.3, -0.25) is 0 Å². The van der Waals surface area contributed by atoms with Gasteiger partial charge < -0.3 is 9.73 Å². The maximum atomic E-state index is 6.59. The topological polar surface area (TPSA) is 49.9 Å². The minimum Gasteiger partial charge on any atom is -0.456 e.